The number of nitrogens with zero attached hydrogens (tertiary/aromatic N) is 4. The Morgan fingerprint density at radius 2 is 2.29 bits per heavy atom. The van der Waals surface area contributed by atoms with Crippen LogP contribution in [0.15, 0.2) is 28.3 Å². The smallest absolute Gasteiger partial charge is 0.345 e. The van der Waals surface area contributed by atoms with E-state index in [4.69, 9.17) is 16.3 Å². The van der Waals surface area contributed by atoms with Crippen LogP contribution in [0.5, 0.6) is 0 Å². The summed E-state index contributed by atoms with van der Waals surface area (Å²) in [7, 11) is 0. The lowest BCUT2D eigenvalue weighted by Gasteiger charge is -2.09. The van der Waals surface area contributed by atoms with Crippen molar-refractivity contribution in [2.75, 3.05) is 12.9 Å². The average molecular weight is 385 g/mol. The van der Waals surface area contributed by atoms with Gasteiger partial charge in [-0.25, -0.2) is 9.78 Å². The quantitative estimate of drug-likeness (QED) is 0.497. The predicted molar refractivity (Wildman–Crippen MR) is 93.4 cm³/mol. The maximum Gasteiger partial charge on any atom is 0.345 e. The Morgan fingerprint density at radius 3 is 2.92 bits per heavy atom. The number of aromatic nitrogens is 4. The molecule has 10 heteroatoms. The minimum atomic E-state index is -0.665. The second kappa shape index (κ2) is 6.96. The average Bonchev–Trinajstić information content (AvgIpc) is 3.16. The number of thiazole rings is 1. The standard InChI is InChI=1S/C14H13ClN4O3S2/c1-3-22-13(21)9-7-18(6-8-5-16-14(15)24-8)11-4-10(23-2)17-19(11)12(9)20/h4-5,7H,3,6H2,1-2H3. The summed E-state index contributed by atoms with van der Waals surface area (Å²) in [6.07, 6.45) is 5.03. The molecular formula is C14H13ClN4O3S2. The van der Waals surface area contributed by atoms with E-state index in [2.05, 4.69) is 10.1 Å². The fraction of sp³-hybridized carbons (Fsp3) is 0.286. The fourth-order valence-electron chi connectivity index (χ4n) is 2.20. The molecule has 0 aliphatic rings. The van der Waals surface area contributed by atoms with Gasteiger partial charge in [0.25, 0.3) is 5.56 Å². The second-order valence-corrected chi connectivity index (χ2v) is 7.26. The Kier molecular flexibility index (Phi) is 4.93. The van der Waals surface area contributed by atoms with Crippen molar-refractivity contribution in [3.63, 3.8) is 0 Å². The minimum absolute atomic E-state index is 0.0595. The number of thioether (sulfide) groups is 1. The maximum absolute atomic E-state index is 12.5. The second-order valence-electron chi connectivity index (χ2n) is 4.73. The monoisotopic (exact) mass is 384 g/mol. The van der Waals surface area contributed by atoms with E-state index >= 15 is 0 Å². The Balaban J connectivity index is 2.17. The summed E-state index contributed by atoms with van der Waals surface area (Å²) >= 11 is 8.63. The number of rotatable bonds is 5. The zero-order valence-corrected chi connectivity index (χ0v) is 15.2. The van der Waals surface area contributed by atoms with Crippen molar-refractivity contribution in [1.82, 2.24) is 19.2 Å². The van der Waals surface area contributed by atoms with Crippen molar-refractivity contribution in [3.05, 3.63) is 43.7 Å². The predicted octanol–water partition coefficient (Wildman–Crippen LogP) is 2.55. The van der Waals surface area contributed by atoms with Gasteiger partial charge in [0.1, 0.15) is 16.2 Å². The molecule has 0 unspecified atom stereocenters. The highest BCUT2D eigenvalue weighted by atomic mass is 35.5. The highest BCUT2D eigenvalue weighted by molar-refractivity contribution is 7.98. The normalized spacial score (nSPS) is 11.1. The highest BCUT2D eigenvalue weighted by Crippen LogP contribution is 2.21. The van der Waals surface area contributed by atoms with Crippen LogP contribution in [0.4, 0.5) is 0 Å². The van der Waals surface area contributed by atoms with Gasteiger partial charge in [-0.3, -0.25) is 4.79 Å². The molecule has 0 atom stereocenters. The molecule has 0 spiro atoms. The lowest BCUT2D eigenvalue weighted by atomic mass is 10.3. The molecule has 7 nitrogen and oxygen atoms in total. The van der Waals surface area contributed by atoms with Gasteiger partial charge in [-0.1, -0.05) is 11.6 Å². The number of hydrogen-bond donors (Lipinski definition) is 0. The van der Waals surface area contributed by atoms with Crippen LogP contribution in [0, 0.1) is 0 Å². The summed E-state index contributed by atoms with van der Waals surface area (Å²) in [6.45, 7) is 2.30. The third-order valence-electron chi connectivity index (χ3n) is 3.23. The van der Waals surface area contributed by atoms with Crippen LogP contribution in [-0.4, -0.2) is 38.0 Å². The van der Waals surface area contributed by atoms with Gasteiger partial charge < -0.3 is 9.30 Å². The zero-order valence-electron chi connectivity index (χ0n) is 12.9. The van der Waals surface area contributed by atoms with Crippen LogP contribution < -0.4 is 5.56 Å². The van der Waals surface area contributed by atoms with Gasteiger partial charge in [-0.2, -0.15) is 9.61 Å². The molecule has 0 radical (unpaired) electrons. The zero-order chi connectivity index (χ0) is 17.3. The molecule has 0 aromatic carbocycles. The molecular weight excluding hydrogens is 372 g/mol. The fourth-order valence-corrected chi connectivity index (χ4v) is 3.56. The lowest BCUT2D eigenvalue weighted by Crippen LogP contribution is -2.27. The van der Waals surface area contributed by atoms with Gasteiger partial charge in [0.05, 0.1) is 13.2 Å². The van der Waals surface area contributed by atoms with Crippen molar-refractivity contribution < 1.29 is 9.53 Å². The Bertz CT molecular complexity index is 963. The molecule has 0 fully saturated rings. The van der Waals surface area contributed by atoms with Crippen LogP contribution in [0.3, 0.4) is 0 Å². The number of esters is 1. The first-order valence-corrected chi connectivity index (χ1v) is 9.40. The number of fused-ring (bicyclic) bond motifs is 1. The molecule has 3 heterocycles. The summed E-state index contributed by atoms with van der Waals surface area (Å²) in [5, 5.41) is 4.93. The number of halogens is 1. The van der Waals surface area contributed by atoms with Gasteiger partial charge in [0.15, 0.2) is 4.47 Å². The molecule has 3 aromatic heterocycles. The first kappa shape index (κ1) is 17.0. The van der Waals surface area contributed by atoms with Crippen molar-refractivity contribution in [2.45, 2.75) is 18.5 Å². The summed E-state index contributed by atoms with van der Waals surface area (Å²) in [6, 6.07) is 1.80. The number of ether oxygens (including phenoxy) is 1. The lowest BCUT2D eigenvalue weighted by molar-refractivity contribution is 0.0523. The van der Waals surface area contributed by atoms with E-state index in [9.17, 15) is 9.59 Å². The SMILES string of the molecule is CCOC(=O)c1cn(Cc2cnc(Cl)s2)c2cc(SC)nn2c1=O. The molecule has 0 aliphatic carbocycles. The van der Waals surface area contributed by atoms with Gasteiger partial charge in [0.2, 0.25) is 0 Å². The van der Waals surface area contributed by atoms with Crippen molar-refractivity contribution in [3.8, 4) is 0 Å². The van der Waals surface area contributed by atoms with E-state index in [0.717, 1.165) is 4.88 Å². The van der Waals surface area contributed by atoms with E-state index in [-0.39, 0.29) is 12.2 Å². The number of carbonyl (C=O) groups is 1. The first-order chi connectivity index (χ1) is 11.5. The Labute approximate surface area is 150 Å². The number of carbonyl (C=O) groups excluding carboxylic acids is 1. The number of hydrogen-bond acceptors (Lipinski definition) is 7. The molecule has 3 aromatic rings. The summed E-state index contributed by atoms with van der Waals surface area (Å²) in [4.78, 5) is 29.5. The van der Waals surface area contributed by atoms with Crippen molar-refractivity contribution in [2.24, 2.45) is 0 Å². The van der Waals surface area contributed by atoms with Crippen LogP contribution in [0.2, 0.25) is 4.47 Å². The summed E-state index contributed by atoms with van der Waals surface area (Å²) in [5.41, 5.74) is 0.0278. The summed E-state index contributed by atoms with van der Waals surface area (Å²) in [5.74, 6) is -0.665. The summed E-state index contributed by atoms with van der Waals surface area (Å²) < 4.78 is 8.40. The Morgan fingerprint density at radius 1 is 1.50 bits per heavy atom. The first-order valence-electron chi connectivity index (χ1n) is 6.98. The topological polar surface area (TPSA) is 78.5 Å². The molecule has 126 valence electrons. The molecule has 0 bridgehead atoms. The molecule has 0 aliphatic heterocycles. The van der Waals surface area contributed by atoms with Gasteiger partial charge in [0, 0.05) is 23.3 Å². The highest BCUT2D eigenvalue weighted by Gasteiger charge is 2.19. The van der Waals surface area contributed by atoms with Crippen molar-refractivity contribution >= 4 is 46.3 Å². The van der Waals surface area contributed by atoms with Gasteiger partial charge in [-0.05, 0) is 13.2 Å². The Hall–Kier alpha value is -1.84. The molecule has 3 rings (SSSR count). The minimum Gasteiger partial charge on any atom is -0.462 e. The molecule has 0 saturated carbocycles. The van der Waals surface area contributed by atoms with Crippen molar-refractivity contribution in [1.29, 1.82) is 0 Å². The van der Waals surface area contributed by atoms with E-state index in [0.29, 0.717) is 21.7 Å². The van der Waals surface area contributed by atoms with Crippen LogP contribution in [-0.2, 0) is 11.3 Å². The van der Waals surface area contributed by atoms with Crippen LogP contribution in [0.1, 0.15) is 22.2 Å². The van der Waals surface area contributed by atoms with E-state index in [1.54, 1.807) is 23.8 Å². The molecule has 0 saturated heterocycles. The molecule has 24 heavy (non-hydrogen) atoms. The third-order valence-corrected chi connectivity index (χ3v) is 4.94. The van der Waals surface area contributed by atoms with E-state index in [1.807, 2.05) is 6.26 Å². The van der Waals surface area contributed by atoms with E-state index < -0.39 is 11.5 Å². The molecule has 0 amide bonds. The maximum atomic E-state index is 12.5. The molecule has 0 N–H and O–H groups in total. The van der Waals surface area contributed by atoms with Crippen LogP contribution >= 0.6 is 34.7 Å². The third kappa shape index (κ3) is 3.19. The van der Waals surface area contributed by atoms with Gasteiger partial charge >= 0.3 is 5.97 Å². The van der Waals surface area contributed by atoms with E-state index in [1.165, 1.54) is 33.8 Å². The van der Waals surface area contributed by atoms with Gasteiger partial charge in [-0.15, -0.1) is 23.1 Å². The van der Waals surface area contributed by atoms with Crippen LogP contribution in [0.25, 0.3) is 5.65 Å². The largest absolute Gasteiger partial charge is 0.462 e.